The molecular formula is C11H15NO. The van der Waals surface area contributed by atoms with E-state index in [9.17, 15) is 5.11 Å². The van der Waals surface area contributed by atoms with Crippen molar-refractivity contribution in [3.8, 4) is 0 Å². The number of aliphatic hydroxyl groups excluding tert-OH is 1. The lowest BCUT2D eigenvalue weighted by atomic mass is 10.0. The minimum absolute atomic E-state index is 0.244. The van der Waals surface area contributed by atoms with Crippen LogP contribution in [-0.2, 0) is 0 Å². The Morgan fingerprint density at radius 3 is 2.38 bits per heavy atom. The molecule has 13 heavy (non-hydrogen) atoms. The fraction of sp³-hybridized carbons (Fsp3) is 0.455. The summed E-state index contributed by atoms with van der Waals surface area (Å²) < 4.78 is 0. The van der Waals surface area contributed by atoms with Crippen LogP contribution in [0.1, 0.15) is 29.4 Å². The van der Waals surface area contributed by atoms with E-state index >= 15 is 0 Å². The molecule has 0 radical (unpaired) electrons. The van der Waals surface area contributed by atoms with Crippen LogP contribution < -0.4 is 5.73 Å². The second kappa shape index (κ2) is 3.48. The zero-order valence-corrected chi connectivity index (χ0v) is 7.61. The third kappa shape index (κ3) is 1.36. The highest BCUT2D eigenvalue weighted by atomic mass is 16.3. The number of benzene rings is 1. The first-order valence-electron chi connectivity index (χ1n) is 4.76. The van der Waals surface area contributed by atoms with Crippen molar-refractivity contribution >= 4 is 0 Å². The summed E-state index contributed by atoms with van der Waals surface area (Å²) in [5.74, 6) is 0.762. The maximum absolute atomic E-state index is 9.19. The Balaban J connectivity index is 2.38. The van der Waals surface area contributed by atoms with Gasteiger partial charge in [0, 0.05) is 12.5 Å². The minimum atomic E-state index is 0.244. The Kier molecular flexibility index (Phi) is 2.34. The zero-order valence-electron chi connectivity index (χ0n) is 7.61. The molecule has 70 valence electrons. The standard InChI is InChI=1S/C11H15NO/c12-6-8-5-9(7-13)11-4-2-1-3-10(8)11/h1-4,8-9,13H,5-7,12H2. The van der Waals surface area contributed by atoms with Gasteiger partial charge in [-0.15, -0.1) is 0 Å². The maximum atomic E-state index is 9.19. The lowest BCUT2D eigenvalue weighted by Gasteiger charge is -2.06. The van der Waals surface area contributed by atoms with Crippen LogP contribution in [0.25, 0.3) is 0 Å². The lowest BCUT2D eigenvalue weighted by Crippen LogP contribution is -2.09. The molecule has 1 aromatic carbocycles. The largest absolute Gasteiger partial charge is 0.396 e. The summed E-state index contributed by atoms with van der Waals surface area (Å²) in [6, 6.07) is 8.30. The second-order valence-corrected chi connectivity index (χ2v) is 3.68. The molecule has 0 heterocycles. The van der Waals surface area contributed by atoms with Crippen molar-refractivity contribution in [2.24, 2.45) is 5.73 Å². The predicted octanol–water partition coefficient (Wildman–Crippen LogP) is 1.21. The summed E-state index contributed by atoms with van der Waals surface area (Å²) in [6.45, 7) is 0.932. The molecular weight excluding hydrogens is 162 g/mol. The number of aliphatic hydroxyl groups is 1. The van der Waals surface area contributed by atoms with Crippen LogP contribution in [0, 0.1) is 0 Å². The van der Waals surface area contributed by atoms with Gasteiger partial charge >= 0.3 is 0 Å². The Labute approximate surface area is 78.4 Å². The van der Waals surface area contributed by atoms with Gasteiger partial charge in [-0.2, -0.15) is 0 Å². The van der Waals surface area contributed by atoms with Crippen molar-refractivity contribution in [1.82, 2.24) is 0 Å². The van der Waals surface area contributed by atoms with Gasteiger partial charge in [-0.3, -0.25) is 0 Å². The summed E-state index contributed by atoms with van der Waals surface area (Å²) in [7, 11) is 0. The smallest absolute Gasteiger partial charge is 0.0500 e. The first kappa shape index (κ1) is 8.73. The van der Waals surface area contributed by atoms with Crippen molar-refractivity contribution < 1.29 is 5.11 Å². The van der Waals surface area contributed by atoms with Crippen LogP contribution in [0.4, 0.5) is 0 Å². The van der Waals surface area contributed by atoms with E-state index in [2.05, 4.69) is 12.1 Å². The van der Waals surface area contributed by atoms with Crippen LogP contribution in [-0.4, -0.2) is 18.3 Å². The van der Waals surface area contributed by atoms with Crippen LogP contribution in [0.15, 0.2) is 24.3 Å². The molecule has 2 unspecified atom stereocenters. The second-order valence-electron chi connectivity index (χ2n) is 3.68. The van der Waals surface area contributed by atoms with Crippen molar-refractivity contribution in [2.45, 2.75) is 18.3 Å². The van der Waals surface area contributed by atoms with E-state index in [-0.39, 0.29) is 6.61 Å². The number of rotatable bonds is 2. The van der Waals surface area contributed by atoms with Gasteiger partial charge in [-0.25, -0.2) is 0 Å². The number of nitrogens with two attached hydrogens (primary N) is 1. The van der Waals surface area contributed by atoms with Gasteiger partial charge in [0.1, 0.15) is 0 Å². The number of hydrogen-bond donors (Lipinski definition) is 2. The van der Waals surface area contributed by atoms with Gasteiger partial charge in [-0.1, -0.05) is 24.3 Å². The average molecular weight is 177 g/mol. The SMILES string of the molecule is NCC1CC(CO)c2ccccc21. The minimum Gasteiger partial charge on any atom is -0.396 e. The molecule has 0 fully saturated rings. The maximum Gasteiger partial charge on any atom is 0.0500 e. The van der Waals surface area contributed by atoms with Gasteiger partial charge in [-0.05, 0) is 30.0 Å². The van der Waals surface area contributed by atoms with E-state index in [0.717, 1.165) is 6.42 Å². The normalized spacial score (nSPS) is 26.0. The van der Waals surface area contributed by atoms with Crippen molar-refractivity contribution in [3.05, 3.63) is 35.4 Å². The molecule has 2 atom stereocenters. The predicted molar refractivity (Wildman–Crippen MR) is 52.7 cm³/mol. The Bertz CT molecular complexity index is 269. The average Bonchev–Trinajstić information content (AvgIpc) is 2.56. The summed E-state index contributed by atoms with van der Waals surface area (Å²) in [5, 5.41) is 9.19. The van der Waals surface area contributed by atoms with Crippen LogP contribution in [0.3, 0.4) is 0 Å². The summed E-state index contributed by atoms with van der Waals surface area (Å²) in [4.78, 5) is 0. The van der Waals surface area contributed by atoms with E-state index in [0.29, 0.717) is 18.4 Å². The fourth-order valence-corrected chi connectivity index (χ4v) is 2.25. The van der Waals surface area contributed by atoms with E-state index in [1.165, 1.54) is 11.1 Å². The molecule has 0 saturated heterocycles. The molecule has 0 saturated carbocycles. The Morgan fingerprint density at radius 1 is 1.23 bits per heavy atom. The highest BCUT2D eigenvalue weighted by molar-refractivity contribution is 5.38. The molecule has 0 amide bonds. The molecule has 0 bridgehead atoms. The highest BCUT2D eigenvalue weighted by Gasteiger charge is 2.28. The third-order valence-electron chi connectivity index (χ3n) is 2.95. The van der Waals surface area contributed by atoms with Gasteiger partial charge in [0.05, 0.1) is 0 Å². The van der Waals surface area contributed by atoms with Crippen molar-refractivity contribution in [3.63, 3.8) is 0 Å². The van der Waals surface area contributed by atoms with Gasteiger partial charge < -0.3 is 10.8 Å². The quantitative estimate of drug-likeness (QED) is 0.713. The van der Waals surface area contributed by atoms with E-state index in [1.807, 2.05) is 12.1 Å². The first-order chi connectivity index (χ1) is 6.36. The number of fused-ring (bicyclic) bond motifs is 1. The summed E-state index contributed by atoms with van der Waals surface area (Å²) in [6.07, 6.45) is 1.01. The van der Waals surface area contributed by atoms with E-state index in [1.54, 1.807) is 0 Å². The fourth-order valence-electron chi connectivity index (χ4n) is 2.25. The third-order valence-corrected chi connectivity index (χ3v) is 2.95. The molecule has 1 aliphatic rings. The van der Waals surface area contributed by atoms with Crippen LogP contribution in [0.2, 0.25) is 0 Å². The summed E-state index contributed by atoms with van der Waals surface area (Å²) in [5.41, 5.74) is 8.31. The Morgan fingerprint density at radius 2 is 1.85 bits per heavy atom. The molecule has 2 nitrogen and oxygen atoms in total. The van der Waals surface area contributed by atoms with Crippen molar-refractivity contribution in [1.29, 1.82) is 0 Å². The van der Waals surface area contributed by atoms with Crippen LogP contribution in [0.5, 0.6) is 0 Å². The monoisotopic (exact) mass is 177 g/mol. The van der Waals surface area contributed by atoms with Crippen molar-refractivity contribution in [2.75, 3.05) is 13.2 Å². The molecule has 0 aliphatic heterocycles. The van der Waals surface area contributed by atoms with E-state index in [4.69, 9.17) is 5.73 Å². The van der Waals surface area contributed by atoms with Gasteiger partial charge in [0.25, 0.3) is 0 Å². The van der Waals surface area contributed by atoms with Gasteiger partial charge in [0.15, 0.2) is 0 Å². The summed E-state index contributed by atoms with van der Waals surface area (Å²) >= 11 is 0. The molecule has 0 spiro atoms. The topological polar surface area (TPSA) is 46.2 Å². The highest BCUT2D eigenvalue weighted by Crippen LogP contribution is 2.40. The molecule has 0 aromatic heterocycles. The lowest BCUT2D eigenvalue weighted by molar-refractivity contribution is 0.261. The van der Waals surface area contributed by atoms with Gasteiger partial charge in [0.2, 0.25) is 0 Å². The van der Waals surface area contributed by atoms with E-state index < -0.39 is 0 Å². The molecule has 3 N–H and O–H groups in total. The molecule has 2 heteroatoms. The molecule has 2 rings (SSSR count). The van der Waals surface area contributed by atoms with Crippen LogP contribution >= 0.6 is 0 Å². The zero-order chi connectivity index (χ0) is 9.26. The number of hydrogen-bond acceptors (Lipinski definition) is 2. The first-order valence-corrected chi connectivity index (χ1v) is 4.76. The molecule has 1 aromatic rings. The Hall–Kier alpha value is -0.860. The molecule has 1 aliphatic carbocycles.